The number of pyridine rings is 1. The van der Waals surface area contributed by atoms with Gasteiger partial charge in [0.15, 0.2) is 11.5 Å². The molecule has 3 heterocycles. The maximum absolute atomic E-state index is 15.6. The van der Waals surface area contributed by atoms with Gasteiger partial charge in [0.25, 0.3) is 5.92 Å². The molecule has 7 rings (SSSR count). The van der Waals surface area contributed by atoms with Crippen LogP contribution in [0.3, 0.4) is 0 Å². The zero-order chi connectivity index (χ0) is 38.2. The van der Waals surface area contributed by atoms with Gasteiger partial charge in [-0.1, -0.05) is 18.1 Å². The number of para-hydroxylation sites is 1. The summed E-state index contributed by atoms with van der Waals surface area (Å²) in [5, 5.41) is 21.3. The first-order valence-electron chi connectivity index (χ1n) is 16.6. The SMILES string of the molecule is Cn1nc(N)c2cccc(-c3ccc(C#CC(C)(C)O)nc3[C@H](Cc3cc(F)cc(F)c3)NC(=O)Cn3nc(C(F)(F)F)c4c3C(F)(F)[C@@H]3CC[C@H]43)c21. The second kappa shape index (κ2) is 12.6. The highest BCUT2D eigenvalue weighted by atomic mass is 19.4. The van der Waals surface area contributed by atoms with E-state index in [1.165, 1.54) is 18.5 Å². The number of halogens is 7. The van der Waals surface area contributed by atoms with Crippen LogP contribution in [0.5, 0.6) is 0 Å². The molecule has 0 spiro atoms. The van der Waals surface area contributed by atoms with Crippen molar-refractivity contribution in [2.75, 3.05) is 5.73 Å². The maximum atomic E-state index is 15.6. The minimum atomic E-state index is -5.05. The normalized spacial score (nSPS) is 18.2. The Balaban J connectivity index is 1.36. The summed E-state index contributed by atoms with van der Waals surface area (Å²) >= 11 is 0. The molecule has 5 aromatic rings. The molecule has 2 aliphatic rings. The third-order valence-electron chi connectivity index (χ3n) is 9.61. The number of carbonyl (C=O) groups excluding carboxylic acids is 1. The average molecular weight is 740 g/mol. The van der Waals surface area contributed by atoms with Crippen molar-refractivity contribution in [3.05, 3.63) is 94.1 Å². The second-order valence-electron chi connectivity index (χ2n) is 13.9. The Morgan fingerprint density at radius 1 is 1.08 bits per heavy atom. The molecule has 0 bridgehead atoms. The number of aromatic nitrogens is 5. The summed E-state index contributed by atoms with van der Waals surface area (Å²) in [6.07, 6.45) is -5.19. The fraction of sp³-hybridized carbons (Fsp3) is 0.351. The predicted octanol–water partition coefficient (Wildman–Crippen LogP) is 6.53. The van der Waals surface area contributed by atoms with Crippen LogP contribution in [0.1, 0.15) is 72.6 Å². The van der Waals surface area contributed by atoms with Gasteiger partial charge in [-0.25, -0.2) is 13.8 Å². The second-order valence-corrected chi connectivity index (χ2v) is 13.9. The first-order chi connectivity index (χ1) is 24.8. The van der Waals surface area contributed by atoms with Crippen molar-refractivity contribution in [2.45, 2.75) is 69.3 Å². The maximum Gasteiger partial charge on any atom is 0.435 e. The Hall–Kier alpha value is -5.43. The number of hydrogen-bond acceptors (Lipinski definition) is 6. The van der Waals surface area contributed by atoms with Crippen LogP contribution in [0.15, 0.2) is 48.5 Å². The summed E-state index contributed by atoms with van der Waals surface area (Å²) in [6, 6.07) is 9.83. The van der Waals surface area contributed by atoms with Crippen LogP contribution in [0, 0.1) is 29.4 Å². The molecule has 2 aliphatic carbocycles. The van der Waals surface area contributed by atoms with Gasteiger partial charge in [-0.3, -0.25) is 14.2 Å². The van der Waals surface area contributed by atoms with E-state index >= 15 is 8.78 Å². The van der Waals surface area contributed by atoms with E-state index in [1.807, 2.05) is 0 Å². The quantitative estimate of drug-likeness (QED) is 0.129. The summed E-state index contributed by atoms with van der Waals surface area (Å²) in [5.41, 5.74) is 3.51. The van der Waals surface area contributed by atoms with Gasteiger partial charge in [-0.2, -0.15) is 32.1 Å². The number of rotatable bonds is 7. The molecule has 53 heavy (non-hydrogen) atoms. The summed E-state index contributed by atoms with van der Waals surface area (Å²) in [7, 11) is 1.66. The number of nitrogens with two attached hydrogens (primary N) is 1. The van der Waals surface area contributed by atoms with Crippen molar-refractivity contribution in [2.24, 2.45) is 13.0 Å². The van der Waals surface area contributed by atoms with Crippen LogP contribution in [-0.2, 0) is 36.9 Å². The van der Waals surface area contributed by atoms with E-state index in [0.717, 1.165) is 12.1 Å². The lowest BCUT2D eigenvalue weighted by molar-refractivity contribution is -0.144. The van der Waals surface area contributed by atoms with Crippen molar-refractivity contribution >= 4 is 22.6 Å². The highest BCUT2D eigenvalue weighted by Gasteiger charge is 2.63. The van der Waals surface area contributed by atoms with Crippen molar-refractivity contribution in [3.8, 4) is 23.0 Å². The molecule has 0 aliphatic heterocycles. The van der Waals surface area contributed by atoms with Crippen molar-refractivity contribution in [3.63, 3.8) is 0 Å². The number of amides is 1. The van der Waals surface area contributed by atoms with Gasteiger partial charge in [-0.15, -0.1) is 0 Å². The number of aryl methyl sites for hydroxylation is 1. The van der Waals surface area contributed by atoms with Gasteiger partial charge >= 0.3 is 6.18 Å². The first kappa shape index (κ1) is 36.0. The molecule has 4 N–H and O–H groups in total. The molecule has 0 saturated heterocycles. The van der Waals surface area contributed by atoms with Crippen LogP contribution in [-0.4, -0.2) is 41.2 Å². The van der Waals surface area contributed by atoms with Gasteiger partial charge in [-0.05, 0) is 80.8 Å². The van der Waals surface area contributed by atoms with E-state index in [0.29, 0.717) is 32.8 Å². The summed E-state index contributed by atoms with van der Waals surface area (Å²) in [4.78, 5) is 18.6. The molecule has 1 amide bonds. The molecule has 0 unspecified atom stereocenters. The van der Waals surface area contributed by atoms with E-state index in [2.05, 4.69) is 27.4 Å². The number of aliphatic hydroxyl groups is 1. The van der Waals surface area contributed by atoms with E-state index in [-0.39, 0.29) is 42.0 Å². The molecular formula is C37H32F7N7O2. The highest BCUT2D eigenvalue weighted by Crippen LogP contribution is 2.64. The van der Waals surface area contributed by atoms with Crippen molar-refractivity contribution < 1.29 is 40.6 Å². The van der Waals surface area contributed by atoms with Gasteiger partial charge < -0.3 is 16.2 Å². The zero-order valence-electron chi connectivity index (χ0n) is 28.5. The number of fused-ring (bicyclic) bond motifs is 4. The number of anilines is 1. The fourth-order valence-electron chi connectivity index (χ4n) is 7.35. The molecule has 1 fully saturated rings. The number of nitrogens with zero attached hydrogens (tertiary/aromatic N) is 5. The van der Waals surface area contributed by atoms with E-state index in [1.54, 1.807) is 37.4 Å². The lowest BCUT2D eigenvalue weighted by Gasteiger charge is -2.34. The minimum absolute atomic E-state index is 0.0261. The van der Waals surface area contributed by atoms with E-state index < -0.39 is 76.6 Å². The fourth-order valence-corrected chi connectivity index (χ4v) is 7.35. The minimum Gasteiger partial charge on any atom is -0.382 e. The zero-order valence-corrected chi connectivity index (χ0v) is 28.5. The third kappa shape index (κ3) is 6.58. The monoisotopic (exact) mass is 739 g/mol. The number of hydrogen-bond donors (Lipinski definition) is 3. The molecule has 3 aromatic heterocycles. The summed E-state index contributed by atoms with van der Waals surface area (Å²) in [5.74, 6) is -3.22. The van der Waals surface area contributed by atoms with Gasteiger partial charge in [0.05, 0.1) is 17.3 Å². The molecule has 9 nitrogen and oxygen atoms in total. The Morgan fingerprint density at radius 2 is 1.79 bits per heavy atom. The van der Waals surface area contributed by atoms with Crippen molar-refractivity contribution in [1.82, 2.24) is 29.9 Å². The van der Waals surface area contributed by atoms with Gasteiger partial charge in [0.2, 0.25) is 5.91 Å². The highest BCUT2D eigenvalue weighted by molar-refractivity contribution is 6.00. The lowest BCUT2D eigenvalue weighted by Crippen LogP contribution is -2.36. The van der Waals surface area contributed by atoms with Gasteiger partial charge in [0.1, 0.15) is 35.2 Å². The smallest absolute Gasteiger partial charge is 0.382 e. The molecule has 16 heteroatoms. The molecule has 3 atom stereocenters. The number of nitrogens with one attached hydrogen (secondary N) is 1. The topological polar surface area (TPSA) is 124 Å². The van der Waals surface area contributed by atoms with Gasteiger partial charge in [0, 0.05) is 41.1 Å². The number of benzene rings is 2. The standard InChI is InChI=1S/C37H32F7N7O2/c1-35(2,53)12-11-21-7-8-22(23-5-4-6-25-31(23)50(3)49-34(25)45)30(46-21)27(15-18-13-19(38)16-20(39)14-18)47-28(52)17-51-33-29(32(48-51)37(42,43)44)24-9-10-26(24)36(33,40)41/h4-8,13-14,16,24,26-27,53H,9-10,15,17H2,1-3H3,(H2,45,49)(H,47,52)/t24-,26+,27-/m0/s1. The Labute approximate surface area is 298 Å². The molecule has 276 valence electrons. The molecule has 1 saturated carbocycles. The largest absolute Gasteiger partial charge is 0.435 e. The average Bonchev–Trinajstić information content (AvgIpc) is 3.59. The third-order valence-corrected chi connectivity index (χ3v) is 9.61. The Morgan fingerprint density at radius 3 is 2.43 bits per heavy atom. The predicted molar refractivity (Wildman–Crippen MR) is 179 cm³/mol. The van der Waals surface area contributed by atoms with E-state index in [9.17, 15) is 31.9 Å². The number of nitrogen functional groups attached to an aromatic ring is 1. The van der Waals surface area contributed by atoms with Crippen LogP contribution >= 0.6 is 0 Å². The molecular weight excluding hydrogens is 707 g/mol. The summed E-state index contributed by atoms with van der Waals surface area (Å²) in [6.45, 7) is 1.88. The summed E-state index contributed by atoms with van der Waals surface area (Å²) < 4.78 is 104. The van der Waals surface area contributed by atoms with Crippen molar-refractivity contribution in [1.29, 1.82) is 0 Å². The lowest BCUT2D eigenvalue weighted by atomic mass is 9.73. The Kier molecular flexibility index (Phi) is 8.55. The van der Waals surface area contributed by atoms with E-state index in [4.69, 9.17) is 10.7 Å². The van der Waals surface area contributed by atoms with Crippen LogP contribution in [0.25, 0.3) is 22.0 Å². The van der Waals surface area contributed by atoms with Crippen LogP contribution in [0.4, 0.5) is 36.6 Å². The number of carbonyl (C=O) groups is 1. The Bertz CT molecular complexity index is 2330. The number of alkyl halides is 5. The van der Waals surface area contributed by atoms with Crippen LogP contribution < -0.4 is 11.1 Å². The van der Waals surface area contributed by atoms with Crippen LogP contribution in [0.2, 0.25) is 0 Å². The molecule has 2 aromatic carbocycles. The molecule has 0 radical (unpaired) electrons. The first-order valence-corrected chi connectivity index (χ1v) is 16.6.